The van der Waals surface area contributed by atoms with Crippen molar-refractivity contribution >= 4 is 21.4 Å². The third-order valence-corrected chi connectivity index (χ3v) is 5.42. The number of hydrogen-bond donors (Lipinski definition) is 0. The number of rotatable bonds is 7. The van der Waals surface area contributed by atoms with Gasteiger partial charge in [0.05, 0.1) is 17.8 Å². The van der Waals surface area contributed by atoms with Crippen LogP contribution in [0.3, 0.4) is 0 Å². The number of carbonyl (C=O) groups excluding carboxylic acids is 1. The van der Waals surface area contributed by atoms with Crippen molar-refractivity contribution in [2.75, 3.05) is 24.3 Å². The predicted octanol–water partition coefficient (Wildman–Crippen LogP) is 2.91. The van der Waals surface area contributed by atoms with E-state index in [9.17, 15) is 13.2 Å². The quantitative estimate of drug-likeness (QED) is 0.772. The molecule has 0 unspecified atom stereocenters. The molecule has 128 valence electrons. The SMILES string of the molecule is CCN(C(=O)CCS(=O)(=O)c1ccc(OC)cc1)c1ccccc1. The first-order valence-corrected chi connectivity index (χ1v) is 9.35. The Morgan fingerprint density at radius 1 is 1.04 bits per heavy atom. The van der Waals surface area contributed by atoms with Gasteiger partial charge in [-0.15, -0.1) is 0 Å². The Morgan fingerprint density at radius 2 is 1.67 bits per heavy atom. The summed E-state index contributed by atoms with van der Waals surface area (Å²) in [6, 6.07) is 15.4. The van der Waals surface area contributed by atoms with E-state index in [2.05, 4.69) is 0 Å². The number of nitrogens with zero attached hydrogens (tertiary/aromatic N) is 1. The zero-order valence-corrected chi connectivity index (χ0v) is 14.6. The van der Waals surface area contributed by atoms with Crippen molar-refractivity contribution in [3.05, 3.63) is 54.6 Å². The van der Waals surface area contributed by atoms with Crippen LogP contribution in [0.2, 0.25) is 0 Å². The average Bonchev–Trinajstić information content (AvgIpc) is 2.61. The van der Waals surface area contributed by atoms with Gasteiger partial charge in [-0.3, -0.25) is 4.79 Å². The number of ether oxygens (including phenoxy) is 1. The molecule has 0 saturated carbocycles. The van der Waals surface area contributed by atoms with Crippen LogP contribution in [0.25, 0.3) is 0 Å². The topological polar surface area (TPSA) is 63.7 Å². The van der Waals surface area contributed by atoms with Crippen LogP contribution < -0.4 is 9.64 Å². The van der Waals surface area contributed by atoms with Crippen molar-refractivity contribution in [2.24, 2.45) is 0 Å². The van der Waals surface area contributed by atoms with Crippen molar-refractivity contribution < 1.29 is 17.9 Å². The molecule has 2 aromatic rings. The minimum atomic E-state index is -3.51. The number of para-hydroxylation sites is 1. The number of anilines is 1. The van der Waals surface area contributed by atoms with Gasteiger partial charge in [-0.05, 0) is 43.3 Å². The number of carbonyl (C=O) groups is 1. The summed E-state index contributed by atoms with van der Waals surface area (Å²) in [5, 5.41) is 0. The molecule has 24 heavy (non-hydrogen) atoms. The highest BCUT2D eigenvalue weighted by atomic mass is 32.2. The number of amides is 1. The van der Waals surface area contributed by atoms with Crippen LogP contribution in [0.1, 0.15) is 13.3 Å². The van der Waals surface area contributed by atoms with Gasteiger partial charge in [-0.1, -0.05) is 18.2 Å². The Bertz CT molecular complexity index is 770. The molecule has 6 heteroatoms. The van der Waals surface area contributed by atoms with Gasteiger partial charge in [0.15, 0.2) is 9.84 Å². The summed E-state index contributed by atoms with van der Waals surface area (Å²) in [4.78, 5) is 14.2. The van der Waals surface area contributed by atoms with Crippen molar-refractivity contribution in [2.45, 2.75) is 18.2 Å². The van der Waals surface area contributed by atoms with Crippen LogP contribution in [0.4, 0.5) is 5.69 Å². The molecule has 1 amide bonds. The summed E-state index contributed by atoms with van der Waals surface area (Å²) in [6.45, 7) is 2.36. The first-order valence-electron chi connectivity index (χ1n) is 7.70. The van der Waals surface area contributed by atoms with E-state index in [4.69, 9.17) is 4.74 Å². The lowest BCUT2D eigenvalue weighted by atomic mass is 10.2. The first-order chi connectivity index (χ1) is 11.5. The van der Waals surface area contributed by atoms with Crippen molar-refractivity contribution in [1.29, 1.82) is 0 Å². The predicted molar refractivity (Wildman–Crippen MR) is 94.1 cm³/mol. The molecule has 0 radical (unpaired) electrons. The second-order valence-corrected chi connectivity index (χ2v) is 7.33. The fourth-order valence-electron chi connectivity index (χ4n) is 2.37. The molecule has 2 rings (SSSR count). The maximum atomic E-state index is 12.4. The molecule has 0 aliphatic heterocycles. The Hall–Kier alpha value is -2.34. The summed E-state index contributed by atoms with van der Waals surface area (Å²) in [7, 11) is -1.99. The van der Waals surface area contributed by atoms with E-state index in [0.717, 1.165) is 5.69 Å². The number of sulfone groups is 1. The smallest absolute Gasteiger partial charge is 0.228 e. The van der Waals surface area contributed by atoms with Crippen LogP contribution in [0.5, 0.6) is 5.75 Å². The molecule has 0 aliphatic rings. The first kappa shape index (κ1) is 18.0. The molecule has 5 nitrogen and oxygen atoms in total. The zero-order chi connectivity index (χ0) is 17.6. The van der Waals surface area contributed by atoms with Crippen LogP contribution >= 0.6 is 0 Å². The molecule has 2 aromatic carbocycles. The molecule has 0 aromatic heterocycles. The summed E-state index contributed by atoms with van der Waals surface area (Å²) >= 11 is 0. The normalized spacial score (nSPS) is 11.1. The van der Waals surface area contributed by atoms with E-state index < -0.39 is 9.84 Å². The molecule has 0 N–H and O–H groups in total. The van der Waals surface area contributed by atoms with E-state index in [-0.39, 0.29) is 23.0 Å². The van der Waals surface area contributed by atoms with E-state index in [1.165, 1.54) is 19.2 Å². The van der Waals surface area contributed by atoms with Gasteiger partial charge >= 0.3 is 0 Å². The van der Waals surface area contributed by atoms with Crippen LogP contribution in [0.15, 0.2) is 59.5 Å². The van der Waals surface area contributed by atoms with Gasteiger partial charge in [0.2, 0.25) is 5.91 Å². The summed E-state index contributed by atoms with van der Waals surface area (Å²) < 4.78 is 29.8. The van der Waals surface area contributed by atoms with Crippen molar-refractivity contribution in [3.8, 4) is 5.75 Å². The second kappa shape index (κ2) is 7.97. The highest BCUT2D eigenvalue weighted by Crippen LogP contribution is 2.19. The van der Waals surface area contributed by atoms with Gasteiger partial charge in [-0.25, -0.2) is 8.42 Å². The van der Waals surface area contributed by atoms with Gasteiger partial charge in [-0.2, -0.15) is 0 Å². The Kier molecular flexibility index (Phi) is 5.98. The molecule has 0 spiro atoms. The maximum Gasteiger partial charge on any atom is 0.228 e. The highest BCUT2D eigenvalue weighted by molar-refractivity contribution is 7.91. The number of hydrogen-bond acceptors (Lipinski definition) is 4. The molecular formula is C18H21NO4S. The Balaban J connectivity index is 2.06. The molecule has 0 atom stereocenters. The lowest BCUT2D eigenvalue weighted by molar-refractivity contribution is -0.118. The number of methoxy groups -OCH3 is 1. The van der Waals surface area contributed by atoms with Crippen LogP contribution in [0, 0.1) is 0 Å². The highest BCUT2D eigenvalue weighted by Gasteiger charge is 2.20. The fourth-order valence-corrected chi connectivity index (χ4v) is 3.60. The molecule has 0 heterocycles. The molecule has 0 saturated heterocycles. The third-order valence-electron chi connectivity index (χ3n) is 3.69. The molecule has 0 fully saturated rings. The van der Waals surface area contributed by atoms with E-state index in [0.29, 0.717) is 12.3 Å². The molecule has 0 bridgehead atoms. The summed E-state index contributed by atoms with van der Waals surface area (Å²) in [6.07, 6.45) is -0.0584. The third kappa shape index (κ3) is 4.35. The van der Waals surface area contributed by atoms with Crippen molar-refractivity contribution in [3.63, 3.8) is 0 Å². The van der Waals surface area contributed by atoms with Gasteiger partial charge < -0.3 is 9.64 Å². The standard InChI is InChI=1S/C18H21NO4S/c1-3-19(15-7-5-4-6-8-15)18(20)13-14-24(21,22)17-11-9-16(23-2)10-12-17/h4-12H,3,13-14H2,1-2H3. The lowest BCUT2D eigenvalue weighted by Crippen LogP contribution is -2.31. The Labute approximate surface area is 142 Å². The fraction of sp³-hybridized carbons (Fsp3) is 0.278. The van der Waals surface area contributed by atoms with Crippen molar-refractivity contribution in [1.82, 2.24) is 0 Å². The van der Waals surface area contributed by atoms with Gasteiger partial charge in [0, 0.05) is 18.7 Å². The number of benzene rings is 2. The summed E-state index contributed by atoms with van der Waals surface area (Å²) in [5.74, 6) is 0.161. The second-order valence-electron chi connectivity index (χ2n) is 5.22. The minimum absolute atomic E-state index is 0.0584. The van der Waals surface area contributed by atoms with E-state index >= 15 is 0 Å². The monoisotopic (exact) mass is 347 g/mol. The van der Waals surface area contributed by atoms with E-state index in [1.54, 1.807) is 17.0 Å². The van der Waals surface area contributed by atoms with Gasteiger partial charge in [0.25, 0.3) is 0 Å². The Morgan fingerprint density at radius 3 is 2.21 bits per heavy atom. The van der Waals surface area contributed by atoms with Crippen LogP contribution in [-0.4, -0.2) is 33.7 Å². The largest absolute Gasteiger partial charge is 0.497 e. The average molecular weight is 347 g/mol. The molecule has 0 aliphatic carbocycles. The lowest BCUT2D eigenvalue weighted by Gasteiger charge is -2.21. The minimum Gasteiger partial charge on any atom is -0.497 e. The summed E-state index contributed by atoms with van der Waals surface area (Å²) in [5.41, 5.74) is 0.770. The van der Waals surface area contributed by atoms with E-state index in [1.807, 2.05) is 37.3 Å². The van der Waals surface area contributed by atoms with Crippen LogP contribution in [-0.2, 0) is 14.6 Å². The molecular weight excluding hydrogens is 326 g/mol. The zero-order valence-electron chi connectivity index (χ0n) is 13.8. The van der Waals surface area contributed by atoms with Gasteiger partial charge in [0.1, 0.15) is 5.75 Å². The maximum absolute atomic E-state index is 12.4.